The van der Waals surface area contributed by atoms with E-state index in [2.05, 4.69) is 43.0 Å². The second-order valence-electron chi connectivity index (χ2n) is 9.39. The summed E-state index contributed by atoms with van der Waals surface area (Å²) in [6.07, 6.45) is 3.70. The molecule has 0 saturated carbocycles. The number of methoxy groups -OCH3 is 4. The van der Waals surface area contributed by atoms with Gasteiger partial charge in [-0.3, -0.25) is 9.69 Å². The summed E-state index contributed by atoms with van der Waals surface area (Å²) >= 11 is 0. The zero-order chi connectivity index (χ0) is 24.4. The molecule has 0 aromatic heterocycles. The first-order valence-electron chi connectivity index (χ1n) is 12.2. The number of ether oxygens (including phenoxy) is 4. The summed E-state index contributed by atoms with van der Waals surface area (Å²) in [7, 11) is 6.64. The van der Waals surface area contributed by atoms with Crippen molar-refractivity contribution in [2.75, 3.05) is 35.0 Å². The molecule has 184 valence electrons. The molecule has 0 amide bonds. The van der Waals surface area contributed by atoms with Gasteiger partial charge in [-0.05, 0) is 54.3 Å². The third-order valence-corrected chi connectivity index (χ3v) is 7.64. The number of benzene rings is 2. The molecule has 2 aliphatic heterocycles. The maximum absolute atomic E-state index is 13.1. The fourth-order valence-corrected chi connectivity index (χ4v) is 5.82. The fraction of sp³-hybridized carbons (Fsp3) is 0.536. The third kappa shape index (κ3) is 4.24. The van der Waals surface area contributed by atoms with E-state index in [9.17, 15) is 4.79 Å². The summed E-state index contributed by atoms with van der Waals surface area (Å²) in [5, 5.41) is 0. The topological polar surface area (TPSA) is 57.2 Å². The highest BCUT2D eigenvalue weighted by molar-refractivity contribution is 5.83. The van der Waals surface area contributed by atoms with E-state index in [1.807, 2.05) is 6.07 Å². The van der Waals surface area contributed by atoms with Gasteiger partial charge in [0.15, 0.2) is 23.0 Å². The van der Waals surface area contributed by atoms with Crippen LogP contribution in [0, 0.1) is 5.92 Å². The predicted octanol–water partition coefficient (Wildman–Crippen LogP) is 5.38. The SMILES string of the molecule is CCCCC1CN2C(CC1=O)c1cc(OC)c(OC)cc1C(c1ccc(OC)c(OC)c1)C2C. The zero-order valence-electron chi connectivity index (χ0n) is 21.2. The molecule has 2 aromatic rings. The molecular weight excluding hydrogens is 430 g/mol. The number of carbonyl (C=O) groups excluding carboxylic acids is 1. The highest BCUT2D eigenvalue weighted by Gasteiger charge is 2.45. The summed E-state index contributed by atoms with van der Waals surface area (Å²) in [6.45, 7) is 5.26. The number of fused-ring (bicyclic) bond motifs is 3. The summed E-state index contributed by atoms with van der Waals surface area (Å²) < 4.78 is 22.4. The Bertz CT molecular complexity index is 1040. The standard InChI is InChI=1S/C28H37NO5/c1-7-8-9-19-16-29-17(2)28(18-10-11-24(31-3)25(12-18)32-4)21-14-27(34-6)26(33-5)13-20(21)22(29)15-23(19)30/h10-14,17,19,22,28H,7-9,15-16H2,1-6H3. The number of hydrogen-bond donors (Lipinski definition) is 0. The van der Waals surface area contributed by atoms with Crippen molar-refractivity contribution >= 4 is 5.78 Å². The quantitative estimate of drug-likeness (QED) is 0.520. The number of ketones is 1. The van der Waals surface area contributed by atoms with E-state index in [0.717, 1.165) is 36.9 Å². The van der Waals surface area contributed by atoms with Crippen LogP contribution in [0.1, 0.15) is 68.2 Å². The maximum Gasteiger partial charge on any atom is 0.161 e. The Labute approximate surface area is 203 Å². The number of carbonyl (C=O) groups is 1. The number of hydrogen-bond acceptors (Lipinski definition) is 6. The van der Waals surface area contributed by atoms with E-state index in [-0.39, 0.29) is 23.9 Å². The Balaban J connectivity index is 1.85. The van der Waals surface area contributed by atoms with Gasteiger partial charge in [-0.25, -0.2) is 0 Å². The van der Waals surface area contributed by atoms with Gasteiger partial charge >= 0.3 is 0 Å². The zero-order valence-corrected chi connectivity index (χ0v) is 21.2. The van der Waals surface area contributed by atoms with Crippen molar-refractivity contribution in [2.45, 2.75) is 57.5 Å². The lowest BCUT2D eigenvalue weighted by atomic mass is 9.72. The Hall–Kier alpha value is -2.73. The van der Waals surface area contributed by atoms with Gasteiger partial charge in [0.1, 0.15) is 5.78 Å². The van der Waals surface area contributed by atoms with Gasteiger partial charge in [0.05, 0.1) is 28.4 Å². The van der Waals surface area contributed by atoms with Crippen LogP contribution >= 0.6 is 0 Å². The molecule has 6 nitrogen and oxygen atoms in total. The van der Waals surface area contributed by atoms with E-state index in [1.54, 1.807) is 28.4 Å². The number of rotatable bonds is 8. The molecular formula is C28H37NO5. The molecule has 0 spiro atoms. The largest absolute Gasteiger partial charge is 0.493 e. The predicted molar refractivity (Wildman–Crippen MR) is 132 cm³/mol. The molecule has 0 radical (unpaired) electrons. The number of nitrogens with zero attached hydrogens (tertiary/aromatic N) is 1. The first-order valence-corrected chi connectivity index (χ1v) is 12.2. The molecule has 1 saturated heterocycles. The molecule has 0 aliphatic carbocycles. The number of piperidine rings is 1. The first-order chi connectivity index (χ1) is 16.5. The molecule has 2 heterocycles. The molecule has 4 rings (SSSR count). The van der Waals surface area contributed by atoms with Crippen LogP contribution in [0.5, 0.6) is 23.0 Å². The van der Waals surface area contributed by atoms with Crippen molar-refractivity contribution in [1.82, 2.24) is 4.90 Å². The molecule has 4 unspecified atom stereocenters. The fourth-order valence-electron chi connectivity index (χ4n) is 5.82. The van der Waals surface area contributed by atoms with Gasteiger partial charge in [0.2, 0.25) is 0 Å². The summed E-state index contributed by atoms with van der Waals surface area (Å²) in [5.74, 6) is 3.40. The van der Waals surface area contributed by atoms with Gasteiger partial charge in [0.25, 0.3) is 0 Å². The highest BCUT2D eigenvalue weighted by atomic mass is 16.5. The molecule has 2 aliphatic rings. The minimum absolute atomic E-state index is 0.0478. The van der Waals surface area contributed by atoms with E-state index >= 15 is 0 Å². The van der Waals surface area contributed by atoms with E-state index in [0.29, 0.717) is 35.2 Å². The normalized spacial score (nSPS) is 24.2. The summed E-state index contributed by atoms with van der Waals surface area (Å²) in [6, 6.07) is 10.6. The molecule has 1 fully saturated rings. The Kier molecular flexibility index (Phi) is 7.36. The lowest BCUT2D eigenvalue weighted by Gasteiger charge is -2.50. The minimum atomic E-state index is 0.0478. The molecule has 2 aromatic carbocycles. The average molecular weight is 468 g/mol. The Morgan fingerprint density at radius 1 is 0.882 bits per heavy atom. The second kappa shape index (κ2) is 10.3. The van der Waals surface area contributed by atoms with Gasteiger partial charge in [-0.15, -0.1) is 0 Å². The number of unbranched alkanes of at least 4 members (excludes halogenated alkanes) is 1. The lowest BCUT2D eigenvalue weighted by Crippen LogP contribution is -2.52. The van der Waals surface area contributed by atoms with Crippen molar-refractivity contribution in [1.29, 1.82) is 0 Å². The maximum atomic E-state index is 13.1. The van der Waals surface area contributed by atoms with E-state index < -0.39 is 0 Å². The Morgan fingerprint density at radius 3 is 2.12 bits per heavy atom. The molecule has 0 N–H and O–H groups in total. The first kappa shape index (κ1) is 24.4. The monoisotopic (exact) mass is 467 g/mol. The van der Waals surface area contributed by atoms with Crippen LogP contribution in [-0.4, -0.2) is 51.7 Å². The second-order valence-corrected chi connectivity index (χ2v) is 9.39. The van der Waals surface area contributed by atoms with Crippen molar-refractivity contribution in [3.05, 3.63) is 47.0 Å². The van der Waals surface area contributed by atoms with Gasteiger partial charge in [-0.2, -0.15) is 0 Å². The van der Waals surface area contributed by atoms with Crippen LogP contribution in [0.3, 0.4) is 0 Å². The van der Waals surface area contributed by atoms with E-state index in [4.69, 9.17) is 18.9 Å². The molecule has 34 heavy (non-hydrogen) atoms. The van der Waals surface area contributed by atoms with Crippen LogP contribution < -0.4 is 18.9 Å². The van der Waals surface area contributed by atoms with Gasteiger partial charge < -0.3 is 18.9 Å². The van der Waals surface area contributed by atoms with Crippen LogP contribution in [0.2, 0.25) is 0 Å². The van der Waals surface area contributed by atoms with E-state index in [1.165, 1.54) is 5.56 Å². The Morgan fingerprint density at radius 2 is 1.50 bits per heavy atom. The van der Waals surface area contributed by atoms with Crippen LogP contribution in [0.25, 0.3) is 0 Å². The summed E-state index contributed by atoms with van der Waals surface area (Å²) in [5.41, 5.74) is 3.48. The lowest BCUT2D eigenvalue weighted by molar-refractivity contribution is -0.130. The smallest absolute Gasteiger partial charge is 0.161 e. The highest BCUT2D eigenvalue weighted by Crippen LogP contribution is 2.51. The van der Waals surface area contributed by atoms with Crippen LogP contribution in [0.4, 0.5) is 0 Å². The van der Waals surface area contributed by atoms with Crippen LogP contribution in [-0.2, 0) is 4.79 Å². The van der Waals surface area contributed by atoms with Crippen molar-refractivity contribution in [3.63, 3.8) is 0 Å². The number of Topliss-reactive ketones (excluding diaryl/α,β-unsaturated/α-hetero) is 1. The molecule has 4 atom stereocenters. The average Bonchev–Trinajstić information content (AvgIpc) is 2.86. The van der Waals surface area contributed by atoms with Crippen LogP contribution in [0.15, 0.2) is 30.3 Å². The van der Waals surface area contributed by atoms with Gasteiger partial charge in [-0.1, -0.05) is 25.8 Å². The van der Waals surface area contributed by atoms with Crippen molar-refractivity contribution < 1.29 is 23.7 Å². The van der Waals surface area contributed by atoms with Crippen molar-refractivity contribution in [3.8, 4) is 23.0 Å². The molecule has 6 heteroatoms. The molecule has 0 bridgehead atoms. The summed E-state index contributed by atoms with van der Waals surface area (Å²) in [4.78, 5) is 15.7. The van der Waals surface area contributed by atoms with Crippen molar-refractivity contribution in [2.24, 2.45) is 5.92 Å². The van der Waals surface area contributed by atoms with Gasteiger partial charge in [0, 0.05) is 36.9 Å². The third-order valence-electron chi connectivity index (χ3n) is 7.64. The minimum Gasteiger partial charge on any atom is -0.493 e.